The zero-order chi connectivity index (χ0) is 26.8. The summed E-state index contributed by atoms with van der Waals surface area (Å²) in [4.78, 5) is 42.2. The number of methoxy groups -OCH3 is 1. The molecule has 39 heavy (non-hydrogen) atoms. The number of carbonyl (C=O) groups is 2. The number of ketones is 1. The van der Waals surface area contributed by atoms with Crippen LogP contribution in [-0.2, 0) is 11.8 Å². The summed E-state index contributed by atoms with van der Waals surface area (Å²) in [5.41, 5.74) is 3.45. The van der Waals surface area contributed by atoms with Crippen molar-refractivity contribution in [2.24, 2.45) is 7.05 Å². The molecule has 2 aromatic heterocycles. The van der Waals surface area contributed by atoms with E-state index in [4.69, 9.17) is 14.2 Å². The number of hydrogen-bond donors (Lipinski definition) is 1. The smallest absolute Gasteiger partial charge is 0.312 e. The molecule has 1 N–H and O–H groups in total. The number of nitrogens with one attached hydrogen (secondary N) is 1. The first-order valence-electron chi connectivity index (χ1n) is 12.5. The van der Waals surface area contributed by atoms with Crippen LogP contribution in [0.2, 0.25) is 0 Å². The van der Waals surface area contributed by atoms with Crippen molar-refractivity contribution in [3.63, 3.8) is 0 Å². The number of ether oxygens (including phenoxy) is 3. The van der Waals surface area contributed by atoms with Gasteiger partial charge in [-0.3, -0.25) is 14.4 Å². The number of rotatable bonds is 3. The van der Waals surface area contributed by atoms with Gasteiger partial charge in [-0.1, -0.05) is 18.2 Å². The summed E-state index contributed by atoms with van der Waals surface area (Å²) >= 11 is 0. The van der Waals surface area contributed by atoms with E-state index < -0.39 is 11.9 Å². The molecule has 0 amide bonds. The molecule has 192 valence electrons. The highest BCUT2D eigenvalue weighted by atomic mass is 16.5. The van der Waals surface area contributed by atoms with Crippen molar-refractivity contribution in [3.8, 4) is 17.2 Å². The number of H-pyrrole nitrogens is 1. The molecule has 0 bridgehead atoms. The Morgan fingerprint density at radius 3 is 2.72 bits per heavy atom. The van der Waals surface area contributed by atoms with Crippen molar-refractivity contribution >= 4 is 39.6 Å². The van der Waals surface area contributed by atoms with E-state index in [9.17, 15) is 14.4 Å². The van der Waals surface area contributed by atoms with Gasteiger partial charge in [0.05, 0.1) is 19.1 Å². The van der Waals surface area contributed by atoms with Gasteiger partial charge in [0.15, 0.2) is 5.76 Å². The van der Waals surface area contributed by atoms with Gasteiger partial charge in [-0.15, -0.1) is 0 Å². The topological polar surface area (TPSA) is 99.6 Å². The van der Waals surface area contributed by atoms with E-state index in [-0.39, 0.29) is 29.3 Å². The van der Waals surface area contributed by atoms with Crippen molar-refractivity contribution in [2.45, 2.75) is 12.3 Å². The van der Waals surface area contributed by atoms with Gasteiger partial charge in [-0.2, -0.15) is 0 Å². The third-order valence-electron chi connectivity index (χ3n) is 7.45. The molecule has 0 radical (unpaired) electrons. The van der Waals surface area contributed by atoms with E-state index in [1.807, 2.05) is 48.1 Å². The number of benzene rings is 3. The molecule has 0 aliphatic carbocycles. The van der Waals surface area contributed by atoms with Crippen LogP contribution in [-0.4, -0.2) is 28.4 Å². The molecular formula is C31H22N2O6. The van der Waals surface area contributed by atoms with Gasteiger partial charge in [-0.05, 0) is 48.5 Å². The Kier molecular flexibility index (Phi) is 5.00. The van der Waals surface area contributed by atoms with Gasteiger partial charge in [0.25, 0.3) is 5.56 Å². The second-order valence-corrected chi connectivity index (χ2v) is 9.74. The molecule has 7 rings (SSSR count). The summed E-state index contributed by atoms with van der Waals surface area (Å²) in [6.07, 6.45) is 3.61. The van der Waals surface area contributed by atoms with Gasteiger partial charge in [0, 0.05) is 57.7 Å². The minimum Gasteiger partial charge on any atom is -0.497 e. The van der Waals surface area contributed by atoms with Crippen LogP contribution in [0.25, 0.3) is 27.9 Å². The van der Waals surface area contributed by atoms with Crippen molar-refractivity contribution in [2.75, 3.05) is 7.11 Å². The van der Waals surface area contributed by atoms with Gasteiger partial charge in [0.1, 0.15) is 17.2 Å². The summed E-state index contributed by atoms with van der Waals surface area (Å²) in [6.45, 7) is 0. The Morgan fingerprint density at radius 1 is 1.03 bits per heavy atom. The summed E-state index contributed by atoms with van der Waals surface area (Å²) in [5.74, 6) is -0.00208. The lowest BCUT2D eigenvalue weighted by molar-refractivity contribution is -0.135. The number of esters is 1. The van der Waals surface area contributed by atoms with E-state index in [2.05, 4.69) is 4.98 Å². The van der Waals surface area contributed by atoms with Gasteiger partial charge in [0.2, 0.25) is 5.78 Å². The quantitative estimate of drug-likeness (QED) is 0.203. The Balaban J connectivity index is 1.37. The number of fused-ring (bicyclic) bond motifs is 5. The van der Waals surface area contributed by atoms with Crippen LogP contribution in [0.15, 0.2) is 77.4 Å². The molecule has 4 heterocycles. The molecule has 0 saturated heterocycles. The van der Waals surface area contributed by atoms with E-state index in [0.717, 1.165) is 21.9 Å². The molecule has 0 spiro atoms. The molecule has 8 nitrogen and oxygen atoms in total. The highest BCUT2D eigenvalue weighted by molar-refractivity contribution is 6.15. The highest BCUT2D eigenvalue weighted by Gasteiger charge is 2.39. The van der Waals surface area contributed by atoms with E-state index >= 15 is 0 Å². The number of pyridine rings is 1. The third-order valence-corrected chi connectivity index (χ3v) is 7.45. The van der Waals surface area contributed by atoms with E-state index in [1.165, 1.54) is 0 Å². The molecule has 0 saturated carbocycles. The van der Waals surface area contributed by atoms with Crippen molar-refractivity contribution < 1.29 is 23.8 Å². The van der Waals surface area contributed by atoms with Gasteiger partial charge in [-0.25, -0.2) is 0 Å². The highest BCUT2D eigenvalue weighted by Crippen LogP contribution is 2.48. The maximum Gasteiger partial charge on any atom is 0.312 e. The number of carbonyl (C=O) groups excluding carboxylic acids is 2. The Hall–Kier alpha value is -5.11. The summed E-state index contributed by atoms with van der Waals surface area (Å²) in [6, 6.07) is 18.2. The van der Waals surface area contributed by atoms with Crippen LogP contribution in [0, 0.1) is 0 Å². The van der Waals surface area contributed by atoms with Crippen molar-refractivity contribution in [3.05, 3.63) is 105 Å². The second-order valence-electron chi connectivity index (χ2n) is 9.74. The molecule has 1 atom stereocenters. The fraction of sp³-hybridized carbons (Fsp3) is 0.129. The lowest BCUT2D eigenvalue weighted by Crippen LogP contribution is -2.26. The Bertz CT molecular complexity index is 1960. The van der Waals surface area contributed by atoms with Crippen molar-refractivity contribution in [1.29, 1.82) is 0 Å². The largest absolute Gasteiger partial charge is 0.497 e. The maximum absolute atomic E-state index is 13.5. The van der Waals surface area contributed by atoms with Gasteiger partial charge >= 0.3 is 5.97 Å². The molecule has 3 aromatic carbocycles. The molecule has 0 fully saturated rings. The standard InChI is InChI=1S/C31H22N2O6/c1-33-15-17(19-5-3-4-6-24(19)33)13-26-29(35)20-8-10-25-28(30(20)39-26)21(14-27(34)38-25)22-12-16-11-18(37-2)7-9-23(16)32-31(22)36/h3-13,15,21H,14H2,1-2H3,(H,32,36)/b26-13-/t21-/m1/s1. The molecule has 5 aromatic rings. The zero-order valence-electron chi connectivity index (χ0n) is 21.1. The van der Waals surface area contributed by atoms with E-state index in [1.54, 1.807) is 43.5 Å². The second kappa shape index (κ2) is 8.46. The van der Waals surface area contributed by atoms with Crippen LogP contribution in [0.4, 0.5) is 0 Å². The summed E-state index contributed by atoms with van der Waals surface area (Å²) in [5, 5.41) is 1.75. The number of allylic oxidation sites excluding steroid dienone is 1. The van der Waals surface area contributed by atoms with Crippen LogP contribution >= 0.6 is 0 Å². The average Bonchev–Trinajstić information content (AvgIpc) is 3.43. The first-order valence-corrected chi connectivity index (χ1v) is 12.5. The van der Waals surface area contributed by atoms with Crippen molar-refractivity contribution in [1.82, 2.24) is 9.55 Å². The molecular weight excluding hydrogens is 496 g/mol. The fourth-order valence-electron chi connectivity index (χ4n) is 5.59. The number of aromatic amines is 1. The predicted octanol–water partition coefficient (Wildman–Crippen LogP) is 5.09. The number of Topliss-reactive ketones (excluding diaryl/α,β-unsaturated/α-hetero) is 1. The molecule has 2 aliphatic rings. The minimum atomic E-state index is -0.666. The number of hydrogen-bond acceptors (Lipinski definition) is 6. The Morgan fingerprint density at radius 2 is 1.87 bits per heavy atom. The number of aromatic nitrogens is 2. The SMILES string of the molecule is COc1ccc2[nH]c(=O)c([C@H]3CC(=O)Oc4ccc5c(c43)O/C(=C\c3cn(C)c4ccccc34)C5=O)cc2c1. The number of nitrogens with zero attached hydrogens (tertiary/aromatic N) is 1. The number of aryl methyl sites for hydroxylation is 1. The lowest BCUT2D eigenvalue weighted by atomic mass is 9.85. The normalized spacial score (nSPS) is 17.3. The van der Waals surface area contributed by atoms with Crippen LogP contribution in [0.5, 0.6) is 17.2 Å². The van der Waals surface area contributed by atoms with E-state index in [0.29, 0.717) is 33.7 Å². The van der Waals surface area contributed by atoms with Crippen LogP contribution < -0.4 is 19.8 Å². The zero-order valence-corrected chi connectivity index (χ0v) is 21.1. The summed E-state index contributed by atoms with van der Waals surface area (Å²) in [7, 11) is 3.52. The predicted molar refractivity (Wildman–Crippen MR) is 146 cm³/mol. The van der Waals surface area contributed by atoms with Crippen LogP contribution in [0.3, 0.4) is 0 Å². The Labute approximate surface area is 222 Å². The fourth-order valence-corrected chi connectivity index (χ4v) is 5.59. The third kappa shape index (κ3) is 3.56. The first-order chi connectivity index (χ1) is 18.9. The van der Waals surface area contributed by atoms with Crippen LogP contribution in [0.1, 0.15) is 39.4 Å². The molecule has 2 aliphatic heterocycles. The maximum atomic E-state index is 13.5. The minimum absolute atomic E-state index is 0.0675. The van der Waals surface area contributed by atoms with Gasteiger partial charge < -0.3 is 23.8 Å². The lowest BCUT2D eigenvalue weighted by Gasteiger charge is -2.26. The number of para-hydroxylation sites is 1. The molecule has 8 heteroatoms. The average molecular weight is 519 g/mol. The summed E-state index contributed by atoms with van der Waals surface area (Å²) < 4.78 is 19.1. The monoisotopic (exact) mass is 518 g/mol. The first kappa shape index (κ1) is 23.0. The molecule has 0 unspecified atom stereocenters.